The molecule has 0 saturated carbocycles. The summed E-state index contributed by atoms with van der Waals surface area (Å²) in [5, 5.41) is 10.1. The van der Waals surface area contributed by atoms with Crippen LogP contribution in [-0.4, -0.2) is 14.8 Å². The molecule has 1 aromatic heterocycles. The average Bonchev–Trinajstić information content (AvgIpc) is 2.98. The molecule has 0 aliphatic carbocycles. The smallest absolute Gasteiger partial charge is 0.191 e. The highest BCUT2D eigenvalue weighted by molar-refractivity contribution is 7.98. The van der Waals surface area contributed by atoms with Gasteiger partial charge in [0.15, 0.2) is 28.7 Å². The molecule has 0 amide bonds. The van der Waals surface area contributed by atoms with Gasteiger partial charge >= 0.3 is 0 Å². The van der Waals surface area contributed by atoms with E-state index in [4.69, 9.17) is 27.9 Å². The second-order valence-electron chi connectivity index (χ2n) is 5.72. The van der Waals surface area contributed by atoms with E-state index >= 15 is 0 Å². The van der Waals surface area contributed by atoms with Gasteiger partial charge in [-0.15, -0.1) is 10.2 Å². The lowest BCUT2D eigenvalue weighted by Gasteiger charge is -2.15. The minimum absolute atomic E-state index is 0.0519. The summed E-state index contributed by atoms with van der Waals surface area (Å²) in [6.45, 7) is 1.71. The number of thioether (sulfide) groups is 1. The Bertz CT molecular complexity index is 948. The van der Waals surface area contributed by atoms with E-state index in [0.717, 1.165) is 17.7 Å². The molecular weight excluding hydrogens is 415 g/mol. The number of aromatic nitrogens is 3. The molecule has 1 heterocycles. The maximum atomic E-state index is 13.8. The van der Waals surface area contributed by atoms with E-state index in [1.54, 1.807) is 36.7 Å². The predicted molar refractivity (Wildman–Crippen MR) is 102 cm³/mol. The van der Waals surface area contributed by atoms with E-state index in [1.807, 2.05) is 0 Å². The fourth-order valence-electron chi connectivity index (χ4n) is 2.43. The van der Waals surface area contributed by atoms with Crippen molar-refractivity contribution in [2.45, 2.75) is 23.9 Å². The Hall–Kier alpha value is -1.83. The minimum atomic E-state index is -0.771. The van der Waals surface area contributed by atoms with Crippen LogP contribution < -0.4 is 4.74 Å². The predicted octanol–water partition coefficient (Wildman–Crippen LogP) is 5.83. The van der Waals surface area contributed by atoms with Gasteiger partial charge in [-0.25, -0.2) is 8.78 Å². The van der Waals surface area contributed by atoms with Crippen LogP contribution in [0.25, 0.3) is 0 Å². The summed E-state index contributed by atoms with van der Waals surface area (Å²) < 4.78 is 34.1. The number of hydrogen-bond acceptors (Lipinski definition) is 4. The molecule has 27 heavy (non-hydrogen) atoms. The molecule has 3 aromatic rings. The summed E-state index contributed by atoms with van der Waals surface area (Å²) in [6.07, 6.45) is -0.583. The quantitative estimate of drug-likeness (QED) is 0.461. The summed E-state index contributed by atoms with van der Waals surface area (Å²) in [7, 11) is 1.78. The molecule has 3 rings (SSSR count). The van der Waals surface area contributed by atoms with Gasteiger partial charge in [0.05, 0.1) is 0 Å². The monoisotopic (exact) mass is 429 g/mol. The van der Waals surface area contributed by atoms with Crippen molar-refractivity contribution in [1.29, 1.82) is 0 Å². The number of ether oxygens (including phenoxy) is 1. The Balaban J connectivity index is 1.72. The van der Waals surface area contributed by atoms with Crippen LogP contribution in [0.1, 0.15) is 24.4 Å². The molecular formula is C18H15Cl2F2N3OS. The summed E-state index contributed by atoms with van der Waals surface area (Å²) >= 11 is 13.8. The summed E-state index contributed by atoms with van der Waals surface area (Å²) in [5.41, 5.74) is 0.813. The zero-order valence-corrected chi connectivity index (χ0v) is 16.7. The van der Waals surface area contributed by atoms with Crippen LogP contribution in [0.5, 0.6) is 5.75 Å². The van der Waals surface area contributed by atoms with E-state index in [9.17, 15) is 8.78 Å². The topological polar surface area (TPSA) is 39.9 Å². The van der Waals surface area contributed by atoms with Crippen molar-refractivity contribution in [3.63, 3.8) is 0 Å². The zero-order valence-electron chi connectivity index (χ0n) is 14.4. The first-order valence-electron chi connectivity index (χ1n) is 7.93. The van der Waals surface area contributed by atoms with Crippen LogP contribution in [0.2, 0.25) is 10.0 Å². The van der Waals surface area contributed by atoms with Crippen LogP contribution in [-0.2, 0) is 12.8 Å². The molecule has 142 valence electrons. The van der Waals surface area contributed by atoms with E-state index in [0.29, 0.717) is 26.8 Å². The van der Waals surface area contributed by atoms with E-state index in [-0.39, 0.29) is 5.75 Å². The van der Waals surface area contributed by atoms with Crippen LogP contribution in [0.4, 0.5) is 8.78 Å². The van der Waals surface area contributed by atoms with Gasteiger partial charge < -0.3 is 9.30 Å². The highest BCUT2D eigenvalue weighted by atomic mass is 35.5. The van der Waals surface area contributed by atoms with Crippen LogP contribution >= 0.6 is 35.0 Å². The van der Waals surface area contributed by atoms with Crippen molar-refractivity contribution >= 4 is 35.0 Å². The Labute approximate surface area is 169 Å². The number of rotatable bonds is 6. The molecule has 0 bridgehead atoms. The molecule has 0 aliphatic heterocycles. The Morgan fingerprint density at radius 1 is 1.15 bits per heavy atom. The van der Waals surface area contributed by atoms with Gasteiger partial charge in [-0.3, -0.25) is 0 Å². The molecule has 0 N–H and O–H groups in total. The third-order valence-electron chi connectivity index (χ3n) is 3.84. The summed E-state index contributed by atoms with van der Waals surface area (Å²) in [6, 6.07) is 8.49. The van der Waals surface area contributed by atoms with Gasteiger partial charge in [-0.2, -0.15) is 0 Å². The maximum Gasteiger partial charge on any atom is 0.191 e. The lowest BCUT2D eigenvalue weighted by Crippen LogP contribution is -2.11. The number of nitrogens with zero attached hydrogens (tertiary/aromatic N) is 3. The number of halogens is 4. The highest BCUT2D eigenvalue weighted by Crippen LogP contribution is 2.32. The average molecular weight is 430 g/mol. The normalized spacial score (nSPS) is 12.2. The Morgan fingerprint density at radius 3 is 2.52 bits per heavy atom. The molecule has 4 nitrogen and oxygen atoms in total. The summed E-state index contributed by atoms with van der Waals surface area (Å²) in [4.78, 5) is 0. The first kappa shape index (κ1) is 19.9. The second-order valence-corrected chi connectivity index (χ2v) is 7.48. The zero-order chi connectivity index (χ0) is 19.6. The molecule has 0 fully saturated rings. The van der Waals surface area contributed by atoms with Crippen molar-refractivity contribution in [3.8, 4) is 5.75 Å². The molecule has 0 spiro atoms. The molecule has 0 saturated heterocycles. The van der Waals surface area contributed by atoms with Gasteiger partial charge in [0.2, 0.25) is 0 Å². The Kier molecular flexibility index (Phi) is 6.24. The minimum Gasteiger partial charge on any atom is -0.480 e. The van der Waals surface area contributed by atoms with Crippen LogP contribution in [0.15, 0.2) is 41.6 Å². The molecule has 9 heteroatoms. The second kappa shape index (κ2) is 8.46. The van der Waals surface area contributed by atoms with Gasteiger partial charge in [0.25, 0.3) is 0 Å². The van der Waals surface area contributed by atoms with Gasteiger partial charge in [0, 0.05) is 28.9 Å². The number of benzene rings is 2. The third-order valence-corrected chi connectivity index (χ3v) is 5.59. The van der Waals surface area contributed by atoms with E-state index < -0.39 is 17.7 Å². The van der Waals surface area contributed by atoms with E-state index in [1.165, 1.54) is 17.8 Å². The highest BCUT2D eigenvalue weighted by Gasteiger charge is 2.19. The summed E-state index contributed by atoms with van der Waals surface area (Å²) in [5.74, 6) is -0.461. The van der Waals surface area contributed by atoms with Gasteiger partial charge in [-0.05, 0) is 36.8 Å². The number of hydrogen-bond donors (Lipinski definition) is 0. The van der Waals surface area contributed by atoms with Crippen molar-refractivity contribution < 1.29 is 13.5 Å². The molecule has 2 aromatic carbocycles. The fraction of sp³-hybridized carbons (Fsp3) is 0.222. The molecule has 1 unspecified atom stereocenters. The standard InChI is InChI=1S/C18H15Cl2F2N3OS/c1-10(26-16-7-6-11(21)8-15(16)22)17-23-24-18(25(17)2)27-9-12-13(19)4-3-5-14(12)20/h3-8,10H,9H2,1-2H3. The first-order chi connectivity index (χ1) is 12.9. The van der Waals surface area contributed by atoms with Crippen LogP contribution in [0, 0.1) is 11.6 Å². The van der Waals surface area contributed by atoms with Crippen LogP contribution in [0.3, 0.4) is 0 Å². The van der Waals surface area contributed by atoms with E-state index in [2.05, 4.69) is 10.2 Å². The maximum absolute atomic E-state index is 13.8. The molecule has 0 aliphatic rings. The molecule has 1 atom stereocenters. The molecule has 0 radical (unpaired) electrons. The lowest BCUT2D eigenvalue weighted by atomic mass is 10.2. The van der Waals surface area contributed by atoms with Gasteiger partial charge in [-0.1, -0.05) is 41.0 Å². The fourth-order valence-corrected chi connectivity index (χ4v) is 4.09. The van der Waals surface area contributed by atoms with Crippen molar-refractivity contribution in [2.24, 2.45) is 7.05 Å². The van der Waals surface area contributed by atoms with Crippen molar-refractivity contribution in [2.75, 3.05) is 0 Å². The van der Waals surface area contributed by atoms with Crippen molar-refractivity contribution in [3.05, 3.63) is 69.5 Å². The first-order valence-corrected chi connectivity index (χ1v) is 9.67. The van der Waals surface area contributed by atoms with Crippen molar-refractivity contribution in [1.82, 2.24) is 14.8 Å². The van der Waals surface area contributed by atoms with Gasteiger partial charge in [0.1, 0.15) is 5.82 Å². The third kappa shape index (κ3) is 4.54. The largest absolute Gasteiger partial charge is 0.480 e. The Morgan fingerprint density at radius 2 is 1.85 bits per heavy atom. The SMILES string of the molecule is CC(Oc1ccc(F)cc1F)c1nnc(SCc2c(Cl)cccc2Cl)n1C. The lowest BCUT2D eigenvalue weighted by molar-refractivity contribution is 0.201.